The minimum absolute atomic E-state index is 0.00426. The second-order valence-electron chi connectivity index (χ2n) is 8.78. The molecule has 9 heteroatoms. The lowest BCUT2D eigenvalue weighted by Crippen LogP contribution is -2.48. The van der Waals surface area contributed by atoms with Crippen molar-refractivity contribution >= 4 is 29.5 Å². The molecule has 3 rings (SSSR count). The molecule has 9 nitrogen and oxygen atoms in total. The van der Waals surface area contributed by atoms with Crippen LogP contribution in [0.3, 0.4) is 0 Å². The van der Waals surface area contributed by atoms with Gasteiger partial charge in [-0.1, -0.05) is 0 Å². The molecule has 1 aromatic rings. The molecule has 0 unspecified atom stereocenters. The predicted octanol–water partition coefficient (Wildman–Crippen LogP) is 2.77. The molecule has 2 fully saturated rings. The third kappa shape index (κ3) is 6.03. The van der Waals surface area contributed by atoms with Crippen LogP contribution >= 0.6 is 0 Å². The first-order valence-corrected chi connectivity index (χ1v) is 11.5. The van der Waals surface area contributed by atoms with Crippen molar-refractivity contribution < 1.29 is 23.9 Å². The molecule has 1 aliphatic carbocycles. The van der Waals surface area contributed by atoms with E-state index in [0.717, 1.165) is 57.3 Å². The molecule has 2 N–H and O–H groups in total. The van der Waals surface area contributed by atoms with Crippen LogP contribution in [0.2, 0.25) is 0 Å². The van der Waals surface area contributed by atoms with E-state index >= 15 is 0 Å². The second-order valence-corrected chi connectivity index (χ2v) is 8.78. The number of rotatable bonds is 5. The fourth-order valence-electron chi connectivity index (χ4n) is 4.79. The first-order chi connectivity index (χ1) is 15.8. The summed E-state index contributed by atoms with van der Waals surface area (Å²) in [6.45, 7) is 1.68. The minimum atomic E-state index is -0.665. The first-order valence-electron chi connectivity index (χ1n) is 11.5. The fourth-order valence-corrected chi connectivity index (χ4v) is 4.79. The molecule has 33 heavy (non-hydrogen) atoms. The largest absolute Gasteiger partial charge is 0.469 e. The first kappa shape index (κ1) is 24.5. The maximum Gasteiger partial charge on any atom is 0.412 e. The summed E-state index contributed by atoms with van der Waals surface area (Å²) in [5.74, 6) is -0.0498. The van der Waals surface area contributed by atoms with E-state index in [9.17, 15) is 14.4 Å². The monoisotopic (exact) mass is 458 g/mol. The van der Waals surface area contributed by atoms with Gasteiger partial charge in [-0.05, 0) is 62.8 Å². The van der Waals surface area contributed by atoms with Crippen LogP contribution in [0.4, 0.5) is 10.5 Å². The smallest absolute Gasteiger partial charge is 0.412 e. The van der Waals surface area contributed by atoms with Crippen LogP contribution in [0.15, 0.2) is 24.3 Å². The molecule has 0 spiro atoms. The van der Waals surface area contributed by atoms with Crippen LogP contribution in [-0.2, 0) is 19.1 Å². The van der Waals surface area contributed by atoms with Crippen LogP contribution in [0.1, 0.15) is 44.1 Å². The van der Waals surface area contributed by atoms with Crippen LogP contribution in [0, 0.1) is 17.2 Å². The summed E-state index contributed by atoms with van der Waals surface area (Å²) >= 11 is 0. The molecule has 1 heterocycles. The quantitative estimate of drug-likeness (QED) is 0.399. The summed E-state index contributed by atoms with van der Waals surface area (Å²) in [5.41, 5.74) is 1.66. The van der Waals surface area contributed by atoms with Crippen LogP contribution < -0.4 is 10.2 Å². The Morgan fingerprint density at radius 3 is 2.06 bits per heavy atom. The van der Waals surface area contributed by atoms with E-state index in [2.05, 4.69) is 15.0 Å². The van der Waals surface area contributed by atoms with Crippen LogP contribution in [0.25, 0.3) is 0 Å². The maximum atomic E-state index is 13.0. The standard InChI is InChI=1S/C24H34N4O5/c1-27(22(29)17-4-6-18(7-5-17)23(30)32-2)19-12-14-28(15-13-19)20-10-8-16(9-11-20)21(25)26-24(31)33-3/h8-11,17-19H,4-7,12-15H2,1-3H3,(H2,25,26,31). The summed E-state index contributed by atoms with van der Waals surface area (Å²) in [7, 11) is 4.58. The van der Waals surface area contributed by atoms with Crippen molar-refractivity contribution in [2.45, 2.75) is 44.6 Å². The number of alkyl carbamates (subject to hydrolysis) is 1. The number of nitrogens with zero attached hydrogens (tertiary/aromatic N) is 2. The fraction of sp³-hybridized carbons (Fsp3) is 0.583. The number of hydrogen-bond acceptors (Lipinski definition) is 7. The Bertz CT molecular complexity index is 856. The normalized spacial score (nSPS) is 21.1. The van der Waals surface area contributed by atoms with Gasteiger partial charge in [0.15, 0.2) is 0 Å². The van der Waals surface area contributed by atoms with Crippen molar-refractivity contribution in [1.29, 1.82) is 5.41 Å². The van der Waals surface area contributed by atoms with Gasteiger partial charge in [0.25, 0.3) is 0 Å². The van der Waals surface area contributed by atoms with E-state index < -0.39 is 6.09 Å². The van der Waals surface area contributed by atoms with Gasteiger partial charge in [0, 0.05) is 43.3 Å². The van der Waals surface area contributed by atoms with Crippen molar-refractivity contribution in [3.63, 3.8) is 0 Å². The zero-order chi connectivity index (χ0) is 24.0. The molecule has 0 bridgehead atoms. The summed E-state index contributed by atoms with van der Waals surface area (Å²) in [6.07, 6.45) is 4.04. The number of hydrogen-bond donors (Lipinski definition) is 2. The van der Waals surface area contributed by atoms with Gasteiger partial charge in [0.2, 0.25) is 5.91 Å². The Morgan fingerprint density at radius 2 is 1.52 bits per heavy atom. The van der Waals surface area contributed by atoms with Crippen LogP contribution in [-0.4, -0.2) is 69.1 Å². The molecule has 1 saturated heterocycles. The number of amidine groups is 1. The molecule has 0 radical (unpaired) electrons. The van der Waals surface area contributed by atoms with Crippen molar-refractivity contribution in [2.75, 3.05) is 39.3 Å². The maximum absolute atomic E-state index is 13.0. The lowest BCUT2D eigenvalue weighted by molar-refractivity contribution is -0.148. The van der Waals surface area contributed by atoms with Gasteiger partial charge in [-0.3, -0.25) is 20.3 Å². The molecular weight excluding hydrogens is 424 g/mol. The number of piperidine rings is 1. The molecule has 2 amide bonds. The van der Waals surface area contributed by atoms with E-state index in [0.29, 0.717) is 5.56 Å². The zero-order valence-electron chi connectivity index (χ0n) is 19.6. The Balaban J connectivity index is 1.48. The highest BCUT2D eigenvalue weighted by atomic mass is 16.5. The predicted molar refractivity (Wildman–Crippen MR) is 124 cm³/mol. The van der Waals surface area contributed by atoms with E-state index in [1.807, 2.05) is 24.1 Å². The number of nitrogens with one attached hydrogen (secondary N) is 2. The lowest BCUT2D eigenvalue weighted by atomic mass is 9.81. The molecular formula is C24H34N4O5. The Labute approximate surface area is 194 Å². The van der Waals surface area contributed by atoms with Crippen molar-refractivity contribution in [3.8, 4) is 0 Å². The van der Waals surface area contributed by atoms with Gasteiger partial charge in [-0.15, -0.1) is 0 Å². The average molecular weight is 459 g/mol. The highest BCUT2D eigenvalue weighted by molar-refractivity contribution is 6.04. The Morgan fingerprint density at radius 1 is 0.939 bits per heavy atom. The number of anilines is 1. The van der Waals surface area contributed by atoms with E-state index in [1.54, 1.807) is 12.1 Å². The van der Waals surface area contributed by atoms with Gasteiger partial charge >= 0.3 is 12.1 Å². The van der Waals surface area contributed by atoms with Crippen molar-refractivity contribution in [2.24, 2.45) is 11.8 Å². The van der Waals surface area contributed by atoms with Gasteiger partial charge < -0.3 is 19.3 Å². The molecule has 1 aromatic carbocycles. The zero-order valence-corrected chi connectivity index (χ0v) is 19.6. The van der Waals surface area contributed by atoms with Gasteiger partial charge in [-0.2, -0.15) is 0 Å². The number of esters is 1. The molecule has 2 aliphatic rings. The summed E-state index contributed by atoms with van der Waals surface area (Å²) < 4.78 is 9.36. The van der Waals surface area contributed by atoms with Crippen LogP contribution in [0.5, 0.6) is 0 Å². The Hall–Kier alpha value is -3.10. The summed E-state index contributed by atoms with van der Waals surface area (Å²) in [4.78, 5) is 40.2. The molecule has 180 valence electrons. The third-order valence-corrected chi connectivity index (χ3v) is 6.90. The average Bonchev–Trinajstić information content (AvgIpc) is 2.87. The summed E-state index contributed by atoms with van der Waals surface area (Å²) in [5, 5.41) is 10.3. The second kappa shape index (κ2) is 11.2. The van der Waals surface area contributed by atoms with Crippen molar-refractivity contribution in [3.05, 3.63) is 29.8 Å². The highest BCUT2D eigenvalue weighted by Crippen LogP contribution is 2.32. The minimum Gasteiger partial charge on any atom is -0.469 e. The SMILES string of the molecule is COC(=O)NC(=N)c1ccc(N2CCC(N(C)C(=O)C3CCC(C(=O)OC)CC3)CC2)cc1. The number of benzene rings is 1. The number of methoxy groups -OCH3 is 2. The molecule has 1 aliphatic heterocycles. The molecule has 0 aromatic heterocycles. The van der Waals surface area contributed by atoms with E-state index in [4.69, 9.17) is 10.1 Å². The number of ether oxygens (including phenoxy) is 2. The Kier molecular flexibility index (Phi) is 8.30. The van der Waals surface area contributed by atoms with Crippen molar-refractivity contribution in [1.82, 2.24) is 10.2 Å². The lowest BCUT2D eigenvalue weighted by Gasteiger charge is -2.39. The van der Waals surface area contributed by atoms with E-state index in [-0.39, 0.29) is 35.6 Å². The topological polar surface area (TPSA) is 112 Å². The number of carbonyl (C=O) groups is 3. The summed E-state index contributed by atoms with van der Waals surface area (Å²) in [6, 6.07) is 7.71. The number of amides is 2. The van der Waals surface area contributed by atoms with Gasteiger partial charge in [0.05, 0.1) is 20.1 Å². The van der Waals surface area contributed by atoms with Gasteiger partial charge in [0.1, 0.15) is 5.84 Å². The molecule has 0 atom stereocenters. The molecule has 1 saturated carbocycles. The van der Waals surface area contributed by atoms with Gasteiger partial charge in [-0.25, -0.2) is 4.79 Å². The third-order valence-electron chi connectivity index (χ3n) is 6.90. The number of carbonyl (C=O) groups excluding carboxylic acids is 3. The van der Waals surface area contributed by atoms with E-state index in [1.165, 1.54) is 14.2 Å². The highest BCUT2D eigenvalue weighted by Gasteiger charge is 2.34.